The molecule has 0 aromatic heterocycles. The van der Waals surface area contributed by atoms with E-state index in [1.807, 2.05) is 24.3 Å². The highest BCUT2D eigenvalue weighted by Gasteiger charge is 2.13. The van der Waals surface area contributed by atoms with Crippen molar-refractivity contribution in [3.63, 3.8) is 0 Å². The largest absolute Gasteiger partial charge is 0.356 e. The number of hydrogen-bond acceptors (Lipinski definition) is 1. The fourth-order valence-corrected chi connectivity index (χ4v) is 3.75. The lowest BCUT2D eigenvalue weighted by Gasteiger charge is -2.18. The first kappa shape index (κ1) is 21.1. The van der Waals surface area contributed by atoms with Gasteiger partial charge in [0.15, 0.2) is 0 Å². The standard InChI is InChI=1S/C26H28ClNO/c27-24-17-15-21(16-18-24)20-26(29)28-19-9-3-8-14-25(22-10-4-1-5-11-22)23-12-6-2-7-13-23/h1-2,4-7,10-13,15-18,25H,3,8-9,14,19-20H2,(H,28,29). The van der Waals surface area contributed by atoms with Gasteiger partial charge in [-0.25, -0.2) is 0 Å². The maximum atomic E-state index is 12.1. The van der Waals surface area contributed by atoms with Crippen LogP contribution >= 0.6 is 11.6 Å². The number of benzene rings is 3. The molecule has 3 aromatic carbocycles. The predicted octanol–water partition coefficient (Wildman–Crippen LogP) is 6.39. The van der Waals surface area contributed by atoms with E-state index in [0.29, 0.717) is 17.4 Å². The van der Waals surface area contributed by atoms with Gasteiger partial charge in [-0.2, -0.15) is 0 Å². The summed E-state index contributed by atoms with van der Waals surface area (Å²) in [7, 11) is 0. The number of amides is 1. The molecule has 3 aromatic rings. The van der Waals surface area contributed by atoms with Gasteiger partial charge < -0.3 is 5.32 Å². The van der Waals surface area contributed by atoms with Crippen LogP contribution in [0.3, 0.4) is 0 Å². The minimum atomic E-state index is 0.0683. The Morgan fingerprint density at radius 2 is 1.34 bits per heavy atom. The average Bonchev–Trinajstić information content (AvgIpc) is 2.76. The molecule has 3 rings (SSSR count). The summed E-state index contributed by atoms with van der Waals surface area (Å²) in [6, 6.07) is 28.9. The molecule has 0 bridgehead atoms. The van der Waals surface area contributed by atoms with Gasteiger partial charge in [0, 0.05) is 17.5 Å². The minimum Gasteiger partial charge on any atom is -0.356 e. The van der Waals surface area contributed by atoms with Gasteiger partial charge in [-0.3, -0.25) is 4.79 Å². The van der Waals surface area contributed by atoms with E-state index in [2.05, 4.69) is 66.0 Å². The van der Waals surface area contributed by atoms with Gasteiger partial charge in [0.05, 0.1) is 6.42 Å². The zero-order valence-corrected chi connectivity index (χ0v) is 17.4. The molecule has 0 unspecified atom stereocenters. The molecule has 0 radical (unpaired) electrons. The average molecular weight is 406 g/mol. The summed E-state index contributed by atoms with van der Waals surface area (Å²) in [5.41, 5.74) is 3.73. The zero-order valence-electron chi connectivity index (χ0n) is 16.7. The topological polar surface area (TPSA) is 29.1 Å². The van der Waals surface area contributed by atoms with Gasteiger partial charge in [0.1, 0.15) is 0 Å². The van der Waals surface area contributed by atoms with Crippen molar-refractivity contribution >= 4 is 17.5 Å². The van der Waals surface area contributed by atoms with Crippen LogP contribution in [0.5, 0.6) is 0 Å². The van der Waals surface area contributed by atoms with Crippen LogP contribution in [0.15, 0.2) is 84.9 Å². The predicted molar refractivity (Wildman–Crippen MR) is 121 cm³/mol. The Bertz CT molecular complexity index is 823. The third-order valence-electron chi connectivity index (χ3n) is 5.17. The summed E-state index contributed by atoms with van der Waals surface area (Å²) in [6.07, 6.45) is 4.77. The normalized spacial score (nSPS) is 10.8. The lowest BCUT2D eigenvalue weighted by Crippen LogP contribution is -2.26. The summed E-state index contributed by atoms with van der Waals surface area (Å²) in [5.74, 6) is 0.496. The highest BCUT2D eigenvalue weighted by molar-refractivity contribution is 6.30. The van der Waals surface area contributed by atoms with E-state index in [1.165, 1.54) is 11.1 Å². The van der Waals surface area contributed by atoms with Crippen LogP contribution in [-0.4, -0.2) is 12.5 Å². The minimum absolute atomic E-state index is 0.0683. The molecule has 0 heterocycles. The first-order valence-corrected chi connectivity index (χ1v) is 10.7. The molecule has 0 fully saturated rings. The molecule has 0 saturated heterocycles. The third-order valence-corrected chi connectivity index (χ3v) is 5.43. The fourth-order valence-electron chi connectivity index (χ4n) is 3.62. The zero-order chi connectivity index (χ0) is 20.3. The lowest BCUT2D eigenvalue weighted by molar-refractivity contribution is -0.120. The highest BCUT2D eigenvalue weighted by atomic mass is 35.5. The molecule has 150 valence electrons. The van der Waals surface area contributed by atoms with E-state index in [0.717, 1.165) is 37.8 Å². The second kappa shape index (κ2) is 11.4. The van der Waals surface area contributed by atoms with Crippen LogP contribution < -0.4 is 5.32 Å². The molecule has 0 aliphatic heterocycles. The molecule has 0 saturated carbocycles. The van der Waals surface area contributed by atoms with Crippen LogP contribution in [0.4, 0.5) is 0 Å². The van der Waals surface area contributed by atoms with E-state index < -0.39 is 0 Å². The maximum Gasteiger partial charge on any atom is 0.224 e. The fraction of sp³-hybridized carbons (Fsp3) is 0.269. The van der Waals surface area contributed by atoms with Gasteiger partial charge in [-0.1, -0.05) is 97.2 Å². The third kappa shape index (κ3) is 7.07. The van der Waals surface area contributed by atoms with E-state index in [1.54, 1.807) is 0 Å². The summed E-state index contributed by atoms with van der Waals surface area (Å²) >= 11 is 5.88. The van der Waals surface area contributed by atoms with Crippen molar-refractivity contribution in [3.8, 4) is 0 Å². The van der Waals surface area contributed by atoms with Crippen molar-refractivity contribution in [3.05, 3.63) is 107 Å². The van der Waals surface area contributed by atoms with E-state index >= 15 is 0 Å². The Hall–Kier alpha value is -2.58. The van der Waals surface area contributed by atoms with Crippen LogP contribution in [0.1, 0.15) is 48.3 Å². The van der Waals surface area contributed by atoms with Gasteiger partial charge in [0.25, 0.3) is 0 Å². The Balaban J connectivity index is 1.40. The Labute approximate surface area is 178 Å². The lowest BCUT2D eigenvalue weighted by atomic mass is 9.87. The molecule has 2 nitrogen and oxygen atoms in total. The smallest absolute Gasteiger partial charge is 0.224 e. The Morgan fingerprint density at radius 1 is 0.759 bits per heavy atom. The molecular formula is C26H28ClNO. The van der Waals surface area contributed by atoms with Gasteiger partial charge in [-0.15, -0.1) is 0 Å². The summed E-state index contributed by atoms with van der Waals surface area (Å²) in [6.45, 7) is 0.730. The number of carbonyl (C=O) groups is 1. The maximum absolute atomic E-state index is 12.1. The SMILES string of the molecule is O=C(Cc1ccc(Cl)cc1)NCCCCCC(c1ccccc1)c1ccccc1. The van der Waals surface area contributed by atoms with Crippen LogP contribution in [0.2, 0.25) is 5.02 Å². The first-order chi connectivity index (χ1) is 14.2. The number of hydrogen-bond donors (Lipinski definition) is 1. The number of carbonyl (C=O) groups excluding carboxylic acids is 1. The van der Waals surface area contributed by atoms with E-state index in [4.69, 9.17) is 11.6 Å². The highest BCUT2D eigenvalue weighted by Crippen LogP contribution is 2.29. The summed E-state index contributed by atoms with van der Waals surface area (Å²) in [5, 5.41) is 3.72. The van der Waals surface area contributed by atoms with Gasteiger partial charge in [0.2, 0.25) is 5.91 Å². The van der Waals surface area contributed by atoms with Gasteiger partial charge in [-0.05, 0) is 41.7 Å². The number of nitrogens with one attached hydrogen (secondary N) is 1. The molecule has 29 heavy (non-hydrogen) atoms. The van der Waals surface area contributed by atoms with Crippen LogP contribution in [0, 0.1) is 0 Å². The van der Waals surface area contributed by atoms with Crippen molar-refractivity contribution in [1.82, 2.24) is 5.32 Å². The quantitative estimate of drug-likeness (QED) is 0.389. The van der Waals surface area contributed by atoms with Crippen LogP contribution in [0.25, 0.3) is 0 Å². The van der Waals surface area contributed by atoms with Gasteiger partial charge >= 0.3 is 0 Å². The van der Waals surface area contributed by atoms with Crippen molar-refractivity contribution in [2.75, 3.05) is 6.54 Å². The molecule has 0 aliphatic rings. The van der Waals surface area contributed by atoms with Crippen molar-refractivity contribution < 1.29 is 4.79 Å². The molecule has 0 aliphatic carbocycles. The van der Waals surface area contributed by atoms with E-state index in [9.17, 15) is 4.79 Å². The van der Waals surface area contributed by atoms with Crippen molar-refractivity contribution in [1.29, 1.82) is 0 Å². The molecule has 1 N–H and O–H groups in total. The Kier molecular flexibility index (Phi) is 8.33. The van der Waals surface area contributed by atoms with Crippen molar-refractivity contribution in [2.45, 2.75) is 38.0 Å². The number of halogens is 1. The summed E-state index contributed by atoms with van der Waals surface area (Å²) < 4.78 is 0. The van der Waals surface area contributed by atoms with E-state index in [-0.39, 0.29) is 5.91 Å². The second-order valence-corrected chi connectivity index (χ2v) is 7.81. The molecular weight excluding hydrogens is 378 g/mol. The second-order valence-electron chi connectivity index (χ2n) is 7.38. The molecule has 0 spiro atoms. The molecule has 0 atom stereocenters. The first-order valence-electron chi connectivity index (χ1n) is 10.3. The van der Waals surface area contributed by atoms with Crippen LogP contribution in [-0.2, 0) is 11.2 Å². The number of unbranched alkanes of at least 4 members (excludes halogenated alkanes) is 2. The molecule has 3 heteroatoms. The monoisotopic (exact) mass is 405 g/mol. The Morgan fingerprint density at radius 3 is 1.93 bits per heavy atom. The van der Waals surface area contributed by atoms with Crippen molar-refractivity contribution in [2.24, 2.45) is 0 Å². The number of rotatable bonds is 10. The summed E-state index contributed by atoms with van der Waals surface area (Å²) in [4.78, 5) is 12.1. The molecule has 1 amide bonds.